The van der Waals surface area contributed by atoms with Gasteiger partial charge in [0.1, 0.15) is 0 Å². The van der Waals surface area contributed by atoms with Gasteiger partial charge in [0, 0.05) is 13.1 Å². The van der Waals surface area contributed by atoms with Crippen LogP contribution in [0.25, 0.3) is 0 Å². The van der Waals surface area contributed by atoms with Gasteiger partial charge < -0.3 is 15.4 Å². The molecule has 1 aliphatic rings. The summed E-state index contributed by atoms with van der Waals surface area (Å²) in [6.07, 6.45) is 0. The van der Waals surface area contributed by atoms with E-state index >= 15 is 0 Å². The summed E-state index contributed by atoms with van der Waals surface area (Å²) >= 11 is 0. The second-order valence-electron chi connectivity index (χ2n) is 2.27. The standard InChI is InChI=1S/C6H10N2O3/c7-5(9)6(10)8-1-3-11-4-2-8/h1-4H2,(H2,7,9). The molecule has 0 spiro atoms. The van der Waals surface area contributed by atoms with E-state index in [0.717, 1.165) is 0 Å². The molecule has 0 atom stereocenters. The predicted molar refractivity (Wildman–Crippen MR) is 36.6 cm³/mol. The molecular formula is C6H10N2O3. The molecule has 0 aromatic carbocycles. The Morgan fingerprint density at radius 2 is 1.82 bits per heavy atom. The van der Waals surface area contributed by atoms with Crippen LogP contribution in [0.5, 0.6) is 0 Å². The second-order valence-corrected chi connectivity index (χ2v) is 2.27. The molecule has 5 heteroatoms. The maximum Gasteiger partial charge on any atom is 0.311 e. The van der Waals surface area contributed by atoms with Crippen molar-refractivity contribution in [2.45, 2.75) is 0 Å². The highest BCUT2D eigenvalue weighted by atomic mass is 16.5. The number of hydrogen-bond donors (Lipinski definition) is 1. The highest BCUT2D eigenvalue weighted by molar-refractivity contribution is 6.34. The van der Waals surface area contributed by atoms with Gasteiger partial charge in [-0.2, -0.15) is 0 Å². The molecule has 0 aliphatic carbocycles. The van der Waals surface area contributed by atoms with Gasteiger partial charge in [0.15, 0.2) is 0 Å². The van der Waals surface area contributed by atoms with E-state index in [2.05, 4.69) is 0 Å². The smallest absolute Gasteiger partial charge is 0.311 e. The van der Waals surface area contributed by atoms with Crippen LogP contribution < -0.4 is 5.73 Å². The van der Waals surface area contributed by atoms with Crippen molar-refractivity contribution in [1.82, 2.24) is 4.90 Å². The van der Waals surface area contributed by atoms with E-state index in [1.54, 1.807) is 0 Å². The molecule has 2 amide bonds. The number of primary amides is 1. The number of amides is 2. The number of hydrogen-bond acceptors (Lipinski definition) is 3. The summed E-state index contributed by atoms with van der Waals surface area (Å²) in [4.78, 5) is 22.7. The SMILES string of the molecule is NC(=O)C(=O)N1CCOCC1. The first-order valence-corrected chi connectivity index (χ1v) is 3.38. The van der Waals surface area contributed by atoms with Crippen molar-refractivity contribution in [3.05, 3.63) is 0 Å². The highest BCUT2D eigenvalue weighted by Crippen LogP contribution is 1.96. The number of nitrogens with two attached hydrogens (primary N) is 1. The highest BCUT2D eigenvalue weighted by Gasteiger charge is 2.20. The maximum atomic E-state index is 10.9. The van der Waals surface area contributed by atoms with Crippen LogP contribution in [-0.4, -0.2) is 43.0 Å². The van der Waals surface area contributed by atoms with E-state index in [9.17, 15) is 9.59 Å². The van der Waals surface area contributed by atoms with Gasteiger partial charge in [-0.3, -0.25) is 9.59 Å². The summed E-state index contributed by atoms with van der Waals surface area (Å²) in [5.41, 5.74) is 4.80. The molecule has 0 radical (unpaired) electrons. The molecule has 1 heterocycles. The first kappa shape index (κ1) is 8.00. The molecule has 0 unspecified atom stereocenters. The molecule has 0 aromatic rings. The van der Waals surface area contributed by atoms with Crippen molar-refractivity contribution in [3.63, 3.8) is 0 Å². The number of carbonyl (C=O) groups is 2. The van der Waals surface area contributed by atoms with Crippen LogP contribution in [0.2, 0.25) is 0 Å². The van der Waals surface area contributed by atoms with E-state index < -0.39 is 11.8 Å². The van der Waals surface area contributed by atoms with Crippen LogP contribution in [0.3, 0.4) is 0 Å². The minimum atomic E-state index is -0.896. The van der Waals surface area contributed by atoms with Gasteiger partial charge in [0.05, 0.1) is 13.2 Å². The summed E-state index contributed by atoms with van der Waals surface area (Å²) < 4.78 is 4.98. The zero-order valence-electron chi connectivity index (χ0n) is 6.08. The van der Waals surface area contributed by atoms with Gasteiger partial charge in [-0.1, -0.05) is 0 Å². The Kier molecular flexibility index (Phi) is 2.43. The molecule has 11 heavy (non-hydrogen) atoms. The summed E-state index contributed by atoms with van der Waals surface area (Å²) in [5.74, 6) is -1.51. The van der Waals surface area contributed by atoms with Crippen molar-refractivity contribution in [1.29, 1.82) is 0 Å². The first-order chi connectivity index (χ1) is 5.22. The molecule has 1 aliphatic heterocycles. The van der Waals surface area contributed by atoms with Crippen LogP contribution in [-0.2, 0) is 14.3 Å². The van der Waals surface area contributed by atoms with Crippen molar-refractivity contribution < 1.29 is 14.3 Å². The molecule has 5 nitrogen and oxygen atoms in total. The van der Waals surface area contributed by atoms with Gasteiger partial charge in [-0.25, -0.2) is 0 Å². The number of ether oxygens (including phenoxy) is 1. The predicted octanol–water partition coefficient (Wildman–Crippen LogP) is -1.67. The Hall–Kier alpha value is -1.10. The van der Waals surface area contributed by atoms with Crippen LogP contribution in [0.15, 0.2) is 0 Å². The van der Waals surface area contributed by atoms with Crippen molar-refractivity contribution in [2.75, 3.05) is 26.3 Å². The van der Waals surface area contributed by atoms with Gasteiger partial charge in [-0.15, -0.1) is 0 Å². The van der Waals surface area contributed by atoms with E-state index in [-0.39, 0.29) is 0 Å². The van der Waals surface area contributed by atoms with Gasteiger partial charge in [0.25, 0.3) is 0 Å². The fourth-order valence-corrected chi connectivity index (χ4v) is 0.922. The summed E-state index contributed by atoms with van der Waals surface area (Å²) in [7, 11) is 0. The average molecular weight is 158 g/mol. The molecule has 0 aromatic heterocycles. The van der Waals surface area contributed by atoms with E-state index in [1.807, 2.05) is 0 Å². The third-order valence-corrected chi connectivity index (χ3v) is 1.51. The lowest BCUT2D eigenvalue weighted by Crippen LogP contribution is -2.46. The Bertz CT molecular complexity index is 175. The van der Waals surface area contributed by atoms with Crippen molar-refractivity contribution in [3.8, 4) is 0 Å². The number of rotatable bonds is 0. The Balaban J connectivity index is 2.45. The first-order valence-electron chi connectivity index (χ1n) is 3.38. The largest absolute Gasteiger partial charge is 0.378 e. The molecule has 1 fully saturated rings. The van der Waals surface area contributed by atoms with Crippen LogP contribution >= 0.6 is 0 Å². The monoisotopic (exact) mass is 158 g/mol. The Morgan fingerprint density at radius 1 is 1.27 bits per heavy atom. The lowest BCUT2D eigenvalue weighted by atomic mass is 10.4. The Labute approximate surface area is 64.1 Å². The minimum Gasteiger partial charge on any atom is -0.378 e. The third-order valence-electron chi connectivity index (χ3n) is 1.51. The minimum absolute atomic E-state index is 0.460. The lowest BCUT2D eigenvalue weighted by Gasteiger charge is -2.25. The summed E-state index contributed by atoms with van der Waals surface area (Å²) in [6, 6.07) is 0. The van der Waals surface area contributed by atoms with Crippen LogP contribution in [0.4, 0.5) is 0 Å². The van der Waals surface area contributed by atoms with Crippen molar-refractivity contribution in [2.24, 2.45) is 5.73 Å². The molecule has 1 saturated heterocycles. The van der Waals surface area contributed by atoms with E-state index in [0.29, 0.717) is 26.3 Å². The maximum absolute atomic E-state index is 10.9. The lowest BCUT2D eigenvalue weighted by molar-refractivity contribution is -0.146. The number of nitrogens with zero attached hydrogens (tertiary/aromatic N) is 1. The van der Waals surface area contributed by atoms with Crippen LogP contribution in [0.1, 0.15) is 0 Å². The molecule has 0 saturated carbocycles. The summed E-state index contributed by atoms with van der Waals surface area (Å²) in [5, 5.41) is 0. The van der Waals surface area contributed by atoms with Gasteiger partial charge in [0.2, 0.25) is 0 Å². The number of morpholine rings is 1. The quantitative estimate of drug-likeness (QED) is 0.428. The normalized spacial score (nSPS) is 18.0. The third kappa shape index (κ3) is 1.91. The van der Waals surface area contributed by atoms with E-state index in [4.69, 9.17) is 10.5 Å². The zero-order chi connectivity index (χ0) is 8.27. The van der Waals surface area contributed by atoms with Gasteiger partial charge >= 0.3 is 11.8 Å². The molecular weight excluding hydrogens is 148 g/mol. The summed E-state index contributed by atoms with van der Waals surface area (Å²) in [6.45, 7) is 1.89. The fourth-order valence-electron chi connectivity index (χ4n) is 0.922. The fraction of sp³-hybridized carbons (Fsp3) is 0.667. The Morgan fingerprint density at radius 3 is 2.27 bits per heavy atom. The zero-order valence-corrected chi connectivity index (χ0v) is 6.08. The van der Waals surface area contributed by atoms with Crippen molar-refractivity contribution >= 4 is 11.8 Å². The second kappa shape index (κ2) is 3.34. The van der Waals surface area contributed by atoms with Gasteiger partial charge in [-0.05, 0) is 0 Å². The molecule has 1 rings (SSSR count). The van der Waals surface area contributed by atoms with E-state index in [1.165, 1.54) is 4.90 Å². The molecule has 62 valence electrons. The molecule has 0 bridgehead atoms. The topological polar surface area (TPSA) is 72.6 Å². The average Bonchev–Trinajstić information content (AvgIpc) is 2.05. The molecule has 2 N–H and O–H groups in total. The number of carbonyl (C=O) groups excluding carboxylic acids is 2. The van der Waals surface area contributed by atoms with Crippen LogP contribution in [0, 0.1) is 0 Å².